The van der Waals surface area contributed by atoms with Crippen molar-refractivity contribution in [2.75, 3.05) is 12.4 Å². The van der Waals surface area contributed by atoms with Crippen LogP contribution in [0.1, 0.15) is 35.2 Å². The highest BCUT2D eigenvalue weighted by molar-refractivity contribution is 6.18. The molecule has 1 aromatic carbocycles. The molecule has 0 heterocycles. The zero-order valence-corrected chi connectivity index (χ0v) is 12.2. The van der Waals surface area contributed by atoms with E-state index in [2.05, 4.69) is 5.32 Å². The average Bonchev–Trinajstić information content (AvgIpc) is 2.91. The highest BCUT2D eigenvalue weighted by atomic mass is 35.5. The number of nitrogens with one attached hydrogen (secondary N) is 1. The highest BCUT2D eigenvalue weighted by Gasteiger charge is 2.30. The van der Waals surface area contributed by atoms with E-state index < -0.39 is 11.7 Å². The molecule has 0 aliphatic heterocycles. The van der Waals surface area contributed by atoms with Crippen molar-refractivity contribution < 1.29 is 18.0 Å². The zero-order valence-electron chi connectivity index (χ0n) is 11.4. The first-order chi connectivity index (χ1) is 9.91. The summed E-state index contributed by atoms with van der Waals surface area (Å²) in [6.07, 6.45) is -1.17. The van der Waals surface area contributed by atoms with E-state index in [9.17, 15) is 18.0 Å². The number of hydrogen-bond donors (Lipinski definition) is 1. The van der Waals surface area contributed by atoms with Crippen LogP contribution in [0.2, 0.25) is 0 Å². The van der Waals surface area contributed by atoms with E-state index in [1.54, 1.807) is 0 Å². The van der Waals surface area contributed by atoms with Gasteiger partial charge < -0.3 is 5.32 Å². The Morgan fingerprint density at radius 3 is 2.38 bits per heavy atom. The van der Waals surface area contributed by atoms with Crippen molar-refractivity contribution in [3.8, 4) is 0 Å². The molecule has 2 rings (SSSR count). The fourth-order valence-corrected chi connectivity index (χ4v) is 3.13. The summed E-state index contributed by atoms with van der Waals surface area (Å²) in [5, 5.41) is 2.78. The number of alkyl halides is 4. The first kappa shape index (κ1) is 16.1. The van der Waals surface area contributed by atoms with Crippen molar-refractivity contribution in [2.24, 2.45) is 11.8 Å². The molecule has 0 aromatic heterocycles. The molecule has 1 fully saturated rings. The highest BCUT2D eigenvalue weighted by Crippen LogP contribution is 2.32. The lowest BCUT2D eigenvalue weighted by Crippen LogP contribution is -2.31. The minimum absolute atomic E-state index is 0.239. The smallest absolute Gasteiger partial charge is 0.352 e. The number of hydrogen-bond acceptors (Lipinski definition) is 1. The van der Waals surface area contributed by atoms with Crippen LogP contribution in [0.3, 0.4) is 0 Å². The SMILES string of the molecule is O=C(NCC1CCCC1CCl)c1ccc(C(F)(F)F)cc1. The molecule has 1 saturated carbocycles. The summed E-state index contributed by atoms with van der Waals surface area (Å²) in [7, 11) is 0. The zero-order chi connectivity index (χ0) is 15.5. The van der Waals surface area contributed by atoms with E-state index in [1.807, 2.05) is 0 Å². The molecule has 0 spiro atoms. The Morgan fingerprint density at radius 2 is 1.81 bits per heavy atom. The maximum absolute atomic E-state index is 12.4. The summed E-state index contributed by atoms with van der Waals surface area (Å²) >= 11 is 5.88. The van der Waals surface area contributed by atoms with Crippen LogP contribution in [0.15, 0.2) is 24.3 Å². The van der Waals surface area contributed by atoms with E-state index in [0.29, 0.717) is 24.3 Å². The summed E-state index contributed by atoms with van der Waals surface area (Å²) in [6, 6.07) is 4.25. The van der Waals surface area contributed by atoms with Crippen molar-refractivity contribution in [2.45, 2.75) is 25.4 Å². The largest absolute Gasteiger partial charge is 0.416 e. The van der Waals surface area contributed by atoms with E-state index in [1.165, 1.54) is 12.1 Å². The molecule has 1 N–H and O–H groups in total. The fraction of sp³-hybridized carbons (Fsp3) is 0.533. The number of rotatable bonds is 4. The van der Waals surface area contributed by atoms with Gasteiger partial charge in [-0.15, -0.1) is 11.6 Å². The molecule has 0 bridgehead atoms. The van der Waals surface area contributed by atoms with Crippen LogP contribution in [0.25, 0.3) is 0 Å². The Bertz CT molecular complexity index is 487. The Morgan fingerprint density at radius 1 is 1.19 bits per heavy atom. The molecular formula is C15H17ClF3NO. The maximum Gasteiger partial charge on any atom is 0.416 e. The topological polar surface area (TPSA) is 29.1 Å². The van der Waals surface area contributed by atoms with Gasteiger partial charge in [-0.3, -0.25) is 4.79 Å². The van der Waals surface area contributed by atoms with Gasteiger partial charge in [0.05, 0.1) is 5.56 Å². The van der Waals surface area contributed by atoms with Crippen molar-refractivity contribution in [3.05, 3.63) is 35.4 Å². The predicted octanol–water partition coefficient (Wildman–Crippen LogP) is 4.09. The molecule has 116 valence electrons. The average molecular weight is 320 g/mol. The van der Waals surface area contributed by atoms with Crippen LogP contribution in [-0.4, -0.2) is 18.3 Å². The van der Waals surface area contributed by atoms with Gasteiger partial charge in [0.25, 0.3) is 5.91 Å². The second kappa shape index (κ2) is 6.69. The molecule has 21 heavy (non-hydrogen) atoms. The number of carbonyl (C=O) groups excluding carboxylic acids is 1. The Kier molecular flexibility index (Phi) is 5.14. The minimum atomic E-state index is -4.38. The van der Waals surface area contributed by atoms with E-state index in [0.717, 1.165) is 31.4 Å². The lowest BCUT2D eigenvalue weighted by atomic mass is 9.98. The number of halogens is 4. The van der Waals surface area contributed by atoms with Gasteiger partial charge in [0.1, 0.15) is 0 Å². The normalized spacial score (nSPS) is 22.3. The van der Waals surface area contributed by atoms with Crippen molar-refractivity contribution in [1.29, 1.82) is 0 Å². The fourth-order valence-electron chi connectivity index (χ4n) is 2.72. The number of amides is 1. The Labute approximate surface area is 126 Å². The van der Waals surface area contributed by atoms with Gasteiger partial charge in [-0.1, -0.05) is 6.42 Å². The van der Waals surface area contributed by atoms with Crippen LogP contribution in [-0.2, 0) is 6.18 Å². The van der Waals surface area contributed by atoms with Gasteiger partial charge in [0, 0.05) is 18.0 Å². The molecule has 0 radical (unpaired) electrons. The van der Waals surface area contributed by atoms with Crippen molar-refractivity contribution in [3.63, 3.8) is 0 Å². The summed E-state index contributed by atoms with van der Waals surface area (Å²) in [4.78, 5) is 11.9. The number of benzene rings is 1. The second-order valence-corrected chi connectivity index (χ2v) is 5.70. The summed E-state index contributed by atoms with van der Waals surface area (Å²) in [6.45, 7) is 0.525. The third kappa shape index (κ3) is 4.13. The van der Waals surface area contributed by atoms with Gasteiger partial charge in [0.15, 0.2) is 0 Å². The van der Waals surface area contributed by atoms with Gasteiger partial charge in [-0.25, -0.2) is 0 Å². The predicted molar refractivity (Wildman–Crippen MR) is 75.3 cm³/mol. The van der Waals surface area contributed by atoms with E-state index >= 15 is 0 Å². The quantitative estimate of drug-likeness (QED) is 0.832. The molecule has 1 amide bonds. The minimum Gasteiger partial charge on any atom is -0.352 e. The summed E-state index contributed by atoms with van der Waals surface area (Å²) in [5.41, 5.74) is -0.513. The molecule has 6 heteroatoms. The molecule has 1 aliphatic carbocycles. The van der Waals surface area contributed by atoms with Crippen LogP contribution >= 0.6 is 11.6 Å². The van der Waals surface area contributed by atoms with Gasteiger partial charge in [-0.05, 0) is 48.9 Å². The summed E-state index contributed by atoms with van der Waals surface area (Å²) < 4.78 is 37.3. The standard InChI is InChI=1S/C15H17ClF3NO/c16-8-11-2-1-3-12(11)9-20-14(21)10-4-6-13(7-5-10)15(17,18)19/h4-7,11-12H,1-3,8-9H2,(H,20,21). The first-order valence-electron chi connectivity index (χ1n) is 6.93. The molecule has 2 atom stereocenters. The second-order valence-electron chi connectivity index (χ2n) is 5.39. The third-order valence-corrected chi connectivity index (χ3v) is 4.41. The summed E-state index contributed by atoms with van der Waals surface area (Å²) in [5.74, 6) is 1.02. The van der Waals surface area contributed by atoms with Gasteiger partial charge in [0.2, 0.25) is 0 Å². The van der Waals surface area contributed by atoms with Crippen LogP contribution in [0.4, 0.5) is 13.2 Å². The Hall–Kier alpha value is -1.23. The molecule has 2 nitrogen and oxygen atoms in total. The molecule has 1 aromatic rings. The molecule has 1 aliphatic rings. The lowest BCUT2D eigenvalue weighted by molar-refractivity contribution is -0.137. The Balaban J connectivity index is 1.91. The van der Waals surface area contributed by atoms with Crippen molar-refractivity contribution in [1.82, 2.24) is 5.32 Å². The maximum atomic E-state index is 12.4. The molecule has 0 saturated heterocycles. The lowest BCUT2D eigenvalue weighted by Gasteiger charge is -2.17. The van der Waals surface area contributed by atoms with E-state index in [-0.39, 0.29) is 11.5 Å². The molecule has 2 unspecified atom stereocenters. The number of carbonyl (C=O) groups is 1. The van der Waals surface area contributed by atoms with Crippen LogP contribution in [0.5, 0.6) is 0 Å². The first-order valence-corrected chi connectivity index (χ1v) is 7.46. The third-order valence-electron chi connectivity index (χ3n) is 4.01. The van der Waals surface area contributed by atoms with E-state index in [4.69, 9.17) is 11.6 Å². The van der Waals surface area contributed by atoms with Crippen LogP contribution in [0, 0.1) is 11.8 Å². The van der Waals surface area contributed by atoms with Gasteiger partial charge >= 0.3 is 6.18 Å². The van der Waals surface area contributed by atoms with Crippen LogP contribution < -0.4 is 5.32 Å². The van der Waals surface area contributed by atoms with Crippen molar-refractivity contribution >= 4 is 17.5 Å². The van der Waals surface area contributed by atoms with Gasteiger partial charge in [-0.2, -0.15) is 13.2 Å². The molecular weight excluding hydrogens is 303 g/mol. The monoisotopic (exact) mass is 319 g/mol.